The van der Waals surface area contributed by atoms with Crippen molar-refractivity contribution in [1.29, 1.82) is 0 Å². The van der Waals surface area contributed by atoms with Crippen molar-refractivity contribution in [2.75, 3.05) is 5.84 Å². The summed E-state index contributed by atoms with van der Waals surface area (Å²) in [6, 6.07) is 1.86. The topological polar surface area (TPSA) is 56.7 Å². The molecule has 0 spiro atoms. The molecule has 0 fully saturated rings. The lowest BCUT2D eigenvalue weighted by atomic mass is 10.3. The molecule has 0 bridgehead atoms. The summed E-state index contributed by atoms with van der Waals surface area (Å²) in [4.78, 5) is 8.41. The number of aromatic nitrogens is 3. The van der Waals surface area contributed by atoms with Gasteiger partial charge in [0.25, 0.3) is 0 Å². The molecule has 2 aromatic rings. The molecule has 0 radical (unpaired) electrons. The zero-order chi connectivity index (χ0) is 8.72. The molecule has 0 aliphatic carbocycles. The summed E-state index contributed by atoms with van der Waals surface area (Å²) >= 11 is 0. The van der Waals surface area contributed by atoms with Crippen LogP contribution >= 0.6 is 0 Å². The zero-order valence-electron chi connectivity index (χ0n) is 7.07. The van der Waals surface area contributed by atoms with Crippen LogP contribution in [0.15, 0.2) is 12.3 Å². The maximum absolute atomic E-state index is 5.75. The molecule has 2 aromatic heterocycles. The van der Waals surface area contributed by atoms with Gasteiger partial charge in [0.05, 0.1) is 11.2 Å². The molecule has 0 atom stereocenters. The first-order chi connectivity index (χ1) is 5.70. The first kappa shape index (κ1) is 7.09. The van der Waals surface area contributed by atoms with Crippen molar-refractivity contribution in [2.24, 2.45) is 0 Å². The number of rotatable bonds is 0. The summed E-state index contributed by atoms with van der Waals surface area (Å²) in [7, 11) is 0. The maximum atomic E-state index is 5.75. The van der Waals surface area contributed by atoms with E-state index in [1.54, 1.807) is 10.9 Å². The largest absolute Gasteiger partial charge is 0.337 e. The van der Waals surface area contributed by atoms with Gasteiger partial charge in [-0.15, -0.1) is 0 Å². The Morgan fingerprint density at radius 1 is 1.42 bits per heavy atom. The Morgan fingerprint density at radius 3 is 2.83 bits per heavy atom. The molecule has 0 unspecified atom stereocenters. The molecular weight excluding hydrogens is 152 g/mol. The Morgan fingerprint density at radius 2 is 2.17 bits per heavy atom. The number of aryl methyl sites for hydroxylation is 2. The van der Waals surface area contributed by atoms with Crippen molar-refractivity contribution in [1.82, 2.24) is 14.6 Å². The number of nitrogen functional groups attached to an aromatic ring is 1. The quantitative estimate of drug-likeness (QED) is 0.582. The lowest BCUT2D eigenvalue weighted by Gasteiger charge is -1.98. The van der Waals surface area contributed by atoms with Crippen molar-refractivity contribution in [3.63, 3.8) is 0 Å². The van der Waals surface area contributed by atoms with Crippen molar-refractivity contribution in [3.05, 3.63) is 23.8 Å². The third-order valence-corrected chi connectivity index (χ3v) is 1.96. The minimum absolute atomic E-state index is 0.807. The van der Waals surface area contributed by atoms with Crippen LogP contribution in [0.25, 0.3) is 11.0 Å². The highest BCUT2D eigenvalue weighted by atomic mass is 15.3. The summed E-state index contributed by atoms with van der Waals surface area (Å²) in [6.07, 6.45) is 1.74. The van der Waals surface area contributed by atoms with Gasteiger partial charge in [0.2, 0.25) is 0 Å². The predicted molar refractivity (Wildman–Crippen MR) is 47.2 cm³/mol. The van der Waals surface area contributed by atoms with Gasteiger partial charge in [0, 0.05) is 6.20 Å². The molecule has 2 heterocycles. The Balaban J connectivity index is 2.97. The van der Waals surface area contributed by atoms with E-state index in [9.17, 15) is 0 Å². The summed E-state index contributed by atoms with van der Waals surface area (Å²) in [5.41, 5.74) is 2.73. The van der Waals surface area contributed by atoms with E-state index in [0.29, 0.717) is 0 Å². The highest BCUT2D eigenvalue weighted by Crippen LogP contribution is 2.14. The summed E-state index contributed by atoms with van der Waals surface area (Å²) in [6.45, 7) is 3.80. The fraction of sp³-hybridized carbons (Fsp3) is 0.250. The number of nitrogens with zero attached hydrogens (tertiary/aromatic N) is 3. The van der Waals surface area contributed by atoms with Crippen LogP contribution in [0.3, 0.4) is 0 Å². The third kappa shape index (κ3) is 0.777. The fourth-order valence-electron chi connectivity index (χ4n) is 1.32. The van der Waals surface area contributed by atoms with Crippen LogP contribution in [-0.2, 0) is 0 Å². The van der Waals surface area contributed by atoms with Gasteiger partial charge in [-0.2, -0.15) is 0 Å². The van der Waals surface area contributed by atoms with E-state index in [-0.39, 0.29) is 0 Å². The van der Waals surface area contributed by atoms with E-state index in [2.05, 4.69) is 9.97 Å². The van der Waals surface area contributed by atoms with Gasteiger partial charge in [0.1, 0.15) is 11.3 Å². The van der Waals surface area contributed by atoms with E-state index in [4.69, 9.17) is 5.84 Å². The van der Waals surface area contributed by atoms with Crippen molar-refractivity contribution >= 4 is 11.0 Å². The van der Waals surface area contributed by atoms with Gasteiger partial charge in [-0.25, -0.2) is 9.66 Å². The number of hydrogen-bond donors (Lipinski definition) is 1. The van der Waals surface area contributed by atoms with E-state index < -0.39 is 0 Å². The minimum atomic E-state index is 0.807. The van der Waals surface area contributed by atoms with E-state index >= 15 is 0 Å². The Bertz CT molecular complexity index is 430. The van der Waals surface area contributed by atoms with Gasteiger partial charge >= 0.3 is 0 Å². The lowest BCUT2D eigenvalue weighted by Crippen LogP contribution is -2.10. The smallest absolute Gasteiger partial charge is 0.125 e. The van der Waals surface area contributed by atoms with Gasteiger partial charge in [-0.1, -0.05) is 0 Å². The molecule has 4 heteroatoms. The van der Waals surface area contributed by atoms with Crippen LogP contribution in [0.5, 0.6) is 0 Å². The number of hydrogen-bond acceptors (Lipinski definition) is 3. The third-order valence-electron chi connectivity index (χ3n) is 1.96. The highest BCUT2D eigenvalue weighted by molar-refractivity contribution is 5.77. The predicted octanol–water partition coefficient (Wildman–Crippen LogP) is 0.762. The molecule has 0 saturated heterocycles. The SMILES string of the molecule is Cc1nccc2nc(C)n(N)c12. The Hall–Kier alpha value is -1.58. The van der Waals surface area contributed by atoms with Gasteiger partial charge in [0.15, 0.2) is 0 Å². The molecule has 0 aliphatic rings. The second-order valence-electron chi connectivity index (χ2n) is 2.79. The molecule has 4 nitrogen and oxygen atoms in total. The lowest BCUT2D eigenvalue weighted by molar-refractivity contribution is 0.948. The standard InChI is InChI=1S/C8H10N4/c1-5-8-7(3-4-10-5)11-6(2)12(8)9/h3-4H,9H2,1-2H3. The summed E-state index contributed by atoms with van der Waals surface area (Å²) in [5, 5.41) is 0. The van der Waals surface area contributed by atoms with Crippen LogP contribution in [0.1, 0.15) is 11.5 Å². The molecule has 62 valence electrons. The van der Waals surface area contributed by atoms with Crippen LogP contribution in [0.4, 0.5) is 0 Å². The summed E-state index contributed by atoms with van der Waals surface area (Å²) in [5.74, 6) is 6.56. The second kappa shape index (κ2) is 2.20. The molecule has 0 amide bonds. The van der Waals surface area contributed by atoms with Crippen LogP contribution in [0, 0.1) is 13.8 Å². The number of nitrogens with two attached hydrogens (primary N) is 1. The van der Waals surface area contributed by atoms with Crippen LogP contribution in [0.2, 0.25) is 0 Å². The molecule has 0 saturated carbocycles. The molecule has 12 heavy (non-hydrogen) atoms. The average molecular weight is 162 g/mol. The van der Waals surface area contributed by atoms with Gasteiger partial charge in [-0.3, -0.25) is 4.98 Å². The molecule has 0 aliphatic heterocycles. The minimum Gasteiger partial charge on any atom is -0.337 e. The fourth-order valence-corrected chi connectivity index (χ4v) is 1.32. The molecular formula is C8H10N4. The van der Waals surface area contributed by atoms with Gasteiger partial charge < -0.3 is 5.84 Å². The van der Waals surface area contributed by atoms with Crippen LogP contribution < -0.4 is 5.84 Å². The van der Waals surface area contributed by atoms with Crippen molar-refractivity contribution < 1.29 is 0 Å². The Kier molecular flexibility index (Phi) is 1.30. The first-order valence-corrected chi connectivity index (χ1v) is 3.76. The highest BCUT2D eigenvalue weighted by Gasteiger charge is 2.06. The maximum Gasteiger partial charge on any atom is 0.125 e. The number of fused-ring (bicyclic) bond motifs is 1. The van der Waals surface area contributed by atoms with E-state index in [0.717, 1.165) is 22.6 Å². The zero-order valence-corrected chi connectivity index (χ0v) is 7.07. The molecule has 2 N–H and O–H groups in total. The monoisotopic (exact) mass is 162 g/mol. The number of pyridine rings is 1. The van der Waals surface area contributed by atoms with Crippen molar-refractivity contribution in [2.45, 2.75) is 13.8 Å². The van der Waals surface area contributed by atoms with Crippen LogP contribution in [-0.4, -0.2) is 14.6 Å². The number of imidazole rings is 1. The second-order valence-corrected chi connectivity index (χ2v) is 2.79. The normalized spacial score (nSPS) is 10.8. The van der Waals surface area contributed by atoms with E-state index in [1.807, 2.05) is 19.9 Å². The van der Waals surface area contributed by atoms with Crippen molar-refractivity contribution in [3.8, 4) is 0 Å². The average Bonchev–Trinajstić information content (AvgIpc) is 2.29. The Labute approximate surface area is 70.0 Å². The van der Waals surface area contributed by atoms with Gasteiger partial charge in [-0.05, 0) is 19.9 Å². The summed E-state index contributed by atoms with van der Waals surface area (Å²) < 4.78 is 1.57. The first-order valence-electron chi connectivity index (χ1n) is 3.76. The molecule has 0 aromatic carbocycles. The molecule has 2 rings (SSSR count). The van der Waals surface area contributed by atoms with E-state index in [1.165, 1.54) is 0 Å².